The summed E-state index contributed by atoms with van der Waals surface area (Å²) < 4.78 is 26.3. The van der Waals surface area contributed by atoms with Gasteiger partial charge in [-0.15, -0.1) is 0 Å². The molecule has 4 unspecified atom stereocenters. The number of benzene rings is 2. The molecule has 3 aliphatic carbocycles. The van der Waals surface area contributed by atoms with Crippen LogP contribution >= 0.6 is 23.5 Å². The molecule has 0 saturated heterocycles. The minimum absolute atomic E-state index is 0.0129. The van der Waals surface area contributed by atoms with Gasteiger partial charge in [-0.05, 0) is 88.3 Å². The summed E-state index contributed by atoms with van der Waals surface area (Å²) in [6.45, 7) is 5.96. The molecule has 4 aromatic heterocycles. The Morgan fingerprint density at radius 2 is 1.07 bits per heavy atom. The van der Waals surface area contributed by atoms with E-state index in [1.807, 2.05) is 67.6 Å². The Hall–Kier alpha value is -7.66. The smallest absolute Gasteiger partial charge is 0.326 e. The second kappa shape index (κ2) is 26.2. The van der Waals surface area contributed by atoms with Crippen LogP contribution in [0.15, 0.2) is 82.4 Å². The van der Waals surface area contributed by atoms with E-state index in [1.165, 1.54) is 18.7 Å². The van der Waals surface area contributed by atoms with E-state index < -0.39 is 54.0 Å². The molecule has 88 heavy (non-hydrogen) atoms. The van der Waals surface area contributed by atoms with Crippen LogP contribution in [0.2, 0.25) is 0 Å². The number of nitrogens with zero attached hydrogens (tertiary/aromatic N) is 4. The Bertz CT molecular complexity index is 3970. The number of carbonyl (C=O) groups excluding carboxylic acids is 8. The van der Waals surface area contributed by atoms with Gasteiger partial charge in [0, 0.05) is 91.3 Å². The molecular weight excluding hydrogens is 1160 g/mol. The van der Waals surface area contributed by atoms with Crippen LogP contribution in [0.25, 0.3) is 44.6 Å². The van der Waals surface area contributed by atoms with Gasteiger partial charge >= 0.3 is 11.9 Å². The van der Waals surface area contributed by atoms with Crippen LogP contribution in [0, 0.1) is 11.8 Å². The number of ether oxygens (including phenoxy) is 4. The molecule has 0 bridgehead atoms. The van der Waals surface area contributed by atoms with Gasteiger partial charge in [-0.25, -0.2) is 9.97 Å². The lowest BCUT2D eigenvalue weighted by Crippen LogP contribution is -2.48. The molecule has 6 aromatic rings. The van der Waals surface area contributed by atoms with Crippen LogP contribution in [0.5, 0.6) is 0 Å². The number of hydrogen-bond acceptors (Lipinski definition) is 18. The lowest BCUT2D eigenvalue weighted by atomic mass is 9.76. The molecule has 0 radical (unpaired) electrons. The van der Waals surface area contributed by atoms with Crippen molar-refractivity contribution >= 4 is 92.2 Å². The monoisotopic (exact) mass is 1230 g/mol. The van der Waals surface area contributed by atoms with E-state index in [-0.39, 0.29) is 128 Å². The van der Waals surface area contributed by atoms with E-state index in [4.69, 9.17) is 28.9 Å². The van der Waals surface area contributed by atoms with Crippen molar-refractivity contribution < 1.29 is 57.3 Å². The number of rotatable bonds is 26. The summed E-state index contributed by atoms with van der Waals surface area (Å²) >= 11 is 3.12. The Labute approximate surface area is 516 Å². The summed E-state index contributed by atoms with van der Waals surface area (Å²) in [7, 11) is 0. The Morgan fingerprint density at radius 1 is 0.614 bits per heavy atom. The number of esters is 2. The highest BCUT2D eigenvalue weighted by Gasteiger charge is 2.50. The average Bonchev–Trinajstić information content (AvgIpc) is 1.47. The zero-order valence-electron chi connectivity index (χ0n) is 49.7. The van der Waals surface area contributed by atoms with Crippen LogP contribution in [-0.2, 0) is 94.4 Å². The molecular formula is C66H70N6O14S2. The van der Waals surface area contributed by atoms with Crippen LogP contribution in [0.3, 0.4) is 0 Å². The van der Waals surface area contributed by atoms with Crippen molar-refractivity contribution in [1.29, 1.82) is 0 Å². The first-order valence-electron chi connectivity index (χ1n) is 30.2. The maximum absolute atomic E-state index is 14.2. The number of carbonyl (C=O) groups is 8. The molecule has 5 aliphatic rings. The van der Waals surface area contributed by atoms with Crippen molar-refractivity contribution in [2.45, 2.75) is 127 Å². The molecule has 0 spiro atoms. The van der Waals surface area contributed by atoms with Crippen LogP contribution in [0.1, 0.15) is 112 Å². The molecule has 460 valence electrons. The van der Waals surface area contributed by atoms with Gasteiger partial charge in [-0.3, -0.25) is 47.9 Å². The fourth-order valence-electron chi connectivity index (χ4n) is 12.8. The zero-order valence-corrected chi connectivity index (χ0v) is 51.3. The highest BCUT2D eigenvalue weighted by Crippen LogP contribution is 2.45. The topological polar surface area (TPSA) is 267 Å². The van der Waals surface area contributed by atoms with E-state index in [9.17, 15) is 47.9 Å². The van der Waals surface area contributed by atoms with Crippen LogP contribution in [0.4, 0.5) is 0 Å². The molecule has 2 aromatic carbocycles. The van der Waals surface area contributed by atoms with Gasteiger partial charge in [0.15, 0.2) is 34.3 Å². The second-order valence-corrected chi connectivity index (χ2v) is 25.8. The van der Waals surface area contributed by atoms with Gasteiger partial charge in [0.05, 0.1) is 66.0 Å². The quantitative estimate of drug-likeness (QED) is 0.0425. The summed E-state index contributed by atoms with van der Waals surface area (Å²) in [4.78, 5) is 146. The number of hydrogen-bond donors (Lipinski definition) is 2. The molecule has 6 heterocycles. The predicted octanol–water partition coefficient (Wildman–Crippen LogP) is 6.65. The minimum atomic E-state index is -1.79. The van der Waals surface area contributed by atoms with Crippen molar-refractivity contribution in [1.82, 2.24) is 29.7 Å². The summed E-state index contributed by atoms with van der Waals surface area (Å²) in [5, 5.41) is 7.42. The van der Waals surface area contributed by atoms with Gasteiger partial charge in [0.2, 0.25) is 11.8 Å². The number of thioether (sulfide) groups is 2. The van der Waals surface area contributed by atoms with E-state index >= 15 is 0 Å². The highest BCUT2D eigenvalue weighted by molar-refractivity contribution is 8.04. The van der Waals surface area contributed by atoms with Crippen molar-refractivity contribution in [3.63, 3.8) is 0 Å². The summed E-state index contributed by atoms with van der Waals surface area (Å²) in [6.07, 6.45) is 2.37. The van der Waals surface area contributed by atoms with E-state index in [2.05, 4.69) is 10.6 Å². The third kappa shape index (κ3) is 12.2. The third-order valence-corrected chi connectivity index (χ3v) is 21.1. The minimum Gasteiger partial charge on any atom is -0.445 e. The fourth-order valence-corrected chi connectivity index (χ4v) is 16.2. The first-order chi connectivity index (χ1) is 42.4. The molecule has 20 nitrogen and oxygen atoms in total. The number of ketones is 4. The molecule has 11 rings (SSSR count). The normalized spacial score (nSPS) is 20.1. The Balaban J connectivity index is 0.706. The molecule has 1 saturated carbocycles. The Morgan fingerprint density at radius 3 is 1.52 bits per heavy atom. The summed E-state index contributed by atoms with van der Waals surface area (Å²) in [5.41, 5.74) is 2.97. The molecule has 2 aliphatic heterocycles. The maximum Gasteiger partial charge on any atom is 0.326 e. The molecule has 6 atom stereocenters. The number of para-hydroxylation sites is 2. The van der Waals surface area contributed by atoms with Crippen molar-refractivity contribution in [3.8, 4) is 22.8 Å². The van der Waals surface area contributed by atoms with Crippen LogP contribution in [-0.4, -0.2) is 128 Å². The van der Waals surface area contributed by atoms with Crippen LogP contribution < -0.4 is 21.8 Å². The van der Waals surface area contributed by atoms with Crippen molar-refractivity contribution in [2.75, 3.05) is 51.0 Å². The summed E-state index contributed by atoms with van der Waals surface area (Å²) in [6, 6.07) is 22.9. The highest BCUT2D eigenvalue weighted by atomic mass is 32.2. The molecule has 2 N–H and O–H groups in total. The lowest BCUT2D eigenvalue weighted by Gasteiger charge is -2.37. The number of pyridine rings is 4. The lowest BCUT2D eigenvalue weighted by molar-refractivity contribution is -0.170. The van der Waals surface area contributed by atoms with E-state index in [1.54, 1.807) is 46.9 Å². The van der Waals surface area contributed by atoms with Crippen molar-refractivity contribution in [3.05, 3.63) is 127 Å². The molecule has 22 heteroatoms. The number of aromatic nitrogens is 4. The first kappa shape index (κ1) is 62.0. The fraction of sp³-hybridized carbons (Fsp3) is 0.455. The summed E-state index contributed by atoms with van der Waals surface area (Å²) in [5.74, 6) is -4.65. The molecule has 2 amide bonds. The standard InChI is InChI=1S/C66H70N6O14S2/c1-5-38(61(79)67-29-57(77)85-65(6-2)47-27-51-59-41(24-39-12-8-10-14-49(39)69-59)31-71(51)63(81)45(47)16-20-55(65)75)35-87-53-18-19-54(53)88-36-43(26-44(74)34-84-23-22-83-33-37(4)73)62(80)68-30-58(78)86-66(7-3)48-28-52-60-42(25-40-13-9-11-15-50(40)70-60)32-72(52)64(82)46(48)17-21-56(66)76/h8-15,24-25,27-28,38,43,53-54H,5-7,16-23,26,29-36H2,1-4H3,(H,67,79)(H,68,80)/t38?,43?,53?,54?,65-,66-/m0/s1. The number of nitrogens with one attached hydrogen (secondary N) is 2. The molecule has 1 fully saturated rings. The number of Topliss-reactive ketones (excluding diaryl/α,β-unsaturated/α-hetero) is 4. The zero-order chi connectivity index (χ0) is 62.0. The van der Waals surface area contributed by atoms with Gasteiger partial charge < -0.3 is 38.7 Å². The third-order valence-electron chi connectivity index (χ3n) is 17.7. The number of fused-ring (bicyclic) bond motifs is 10. The number of amides is 2. The average molecular weight is 1240 g/mol. The largest absolute Gasteiger partial charge is 0.445 e. The van der Waals surface area contributed by atoms with Gasteiger partial charge in [0.1, 0.15) is 26.3 Å². The van der Waals surface area contributed by atoms with Gasteiger partial charge in [-0.1, -0.05) is 57.2 Å². The maximum atomic E-state index is 14.2. The van der Waals surface area contributed by atoms with Crippen molar-refractivity contribution in [2.24, 2.45) is 11.8 Å². The second-order valence-electron chi connectivity index (χ2n) is 23.3. The SMILES string of the molecule is CCC(CSC1CCC1SCC(CC(=O)COCCOCC(C)=O)C(=O)NCC(=O)O[C@]1(CC)C(=O)CCc2c1cc1n(c2=O)Cc2cc3ccccc3nc2-1)C(=O)NCC(=O)O[C@]1(CC)C(=O)CCc2c1cc1n(c2=O)Cc2cc3ccccc3nc2-1. The predicted molar refractivity (Wildman–Crippen MR) is 331 cm³/mol. The van der Waals surface area contributed by atoms with Gasteiger partial charge in [-0.2, -0.15) is 23.5 Å². The van der Waals surface area contributed by atoms with E-state index in [0.717, 1.165) is 45.8 Å². The Kier molecular flexibility index (Phi) is 18.4. The first-order valence-corrected chi connectivity index (χ1v) is 32.3. The van der Waals surface area contributed by atoms with E-state index in [0.29, 0.717) is 70.3 Å². The van der Waals surface area contributed by atoms with Gasteiger partial charge in [0.25, 0.3) is 11.1 Å².